The van der Waals surface area contributed by atoms with E-state index < -0.39 is 0 Å². The highest BCUT2D eigenvalue weighted by Gasteiger charge is 2.34. The Balaban J connectivity index is 1.81. The molecule has 90 valence electrons. The summed E-state index contributed by atoms with van der Waals surface area (Å²) in [7, 11) is 0. The number of hydrogen-bond acceptors (Lipinski definition) is 0. The van der Waals surface area contributed by atoms with Crippen LogP contribution in [-0.2, 0) is 0 Å². The van der Waals surface area contributed by atoms with Crippen LogP contribution in [-0.4, -0.2) is 0 Å². The summed E-state index contributed by atoms with van der Waals surface area (Å²) >= 11 is 0. The standard InChI is InChI=1S/C15H30/c1-3-5-7-9-11-14-13-15(14)12-10-8-6-4-2/h14-15H,3-13H2,1-2H3. The van der Waals surface area contributed by atoms with E-state index in [2.05, 4.69) is 13.8 Å². The van der Waals surface area contributed by atoms with Crippen LogP contribution in [0.1, 0.15) is 84.5 Å². The predicted molar refractivity (Wildman–Crippen MR) is 69.1 cm³/mol. The maximum Gasteiger partial charge on any atom is -0.0383 e. The van der Waals surface area contributed by atoms with Crippen LogP contribution in [0.3, 0.4) is 0 Å². The molecule has 0 nitrogen and oxygen atoms in total. The highest BCUT2D eigenvalue weighted by atomic mass is 14.4. The average molecular weight is 210 g/mol. The van der Waals surface area contributed by atoms with Crippen molar-refractivity contribution in [2.45, 2.75) is 84.5 Å². The minimum absolute atomic E-state index is 1.14. The van der Waals surface area contributed by atoms with Crippen LogP contribution in [0.5, 0.6) is 0 Å². The molecule has 1 aliphatic carbocycles. The Bertz CT molecular complexity index is 123. The van der Waals surface area contributed by atoms with Gasteiger partial charge in [-0.1, -0.05) is 78.1 Å². The zero-order valence-corrected chi connectivity index (χ0v) is 10.9. The molecule has 1 fully saturated rings. The Morgan fingerprint density at radius 1 is 0.667 bits per heavy atom. The SMILES string of the molecule is CCCCCCC1CC1CCCCCC. The van der Waals surface area contributed by atoms with Gasteiger partial charge in [0.15, 0.2) is 0 Å². The first-order valence-corrected chi connectivity index (χ1v) is 7.38. The quantitative estimate of drug-likeness (QED) is 0.414. The van der Waals surface area contributed by atoms with Gasteiger partial charge in [0.1, 0.15) is 0 Å². The van der Waals surface area contributed by atoms with Crippen LogP contribution in [0.4, 0.5) is 0 Å². The van der Waals surface area contributed by atoms with Gasteiger partial charge in [-0.25, -0.2) is 0 Å². The predicted octanol–water partition coefficient (Wildman–Crippen LogP) is 5.56. The van der Waals surface area contributed by atoms with E-state index in [1.165, 1.54) is 51.4 Å². The third kappa shape index (κ3) is 6.22. The van der Waals surface area contributed by atoms with Gasteiger partial charge < -0.3 is 0 Å². The summed E-state index contributed by atoms with van der Waals surface area (Å²) in [6.07, 6.45) is 16.3. The minimum atomic E-state index is 1.14. The molecule has 0 amide bonds. The topological polar surface area (TPSA) is 0 Å². The van der Waals surface area contributed by atoms with E-state index in [-0.39, 0.29) is 0 Å². The Labute approximate surface area is 96.8 Å². The van der Waals surface area contributed by atoms with Crippen LogP contribution in [0.15, 0.2) is 0 Å². The van der Waals surface area contributed by atoms with Crippen LogP contribution >= 0.6 is 0 Å². The van der Waals surface area contributed by atoms with E-state index in [0.717, 1.165) is 11.8 Å². The van der Waals surface area contributed by atoms with E-state index in [1.54, 1.807) is 19.3 Å². The highest BCUT2D eigenvalue weighted by molar-refractivity contribution is 4.85. The zero-order chi connectivity index (χ0) is 10.9. The summed E-state index contributed by atoms with van der Waals surface area (Å²) < 4.78 is 0. The molecule has 0 aromatic carbocycles. The van der Waals surface area contributed by atoms with Crippen molar-refractivity contribution in [2.24, 2.45) is 11.8 Å². The van der Waals surface area contributed by atoms with Crippen molar-refractivity contribution in [1.82, 2.24) is 0 Å². The van der Waals surface area contributed by atoms with Crippen molar-refractivity contribution in [3.8, 4) is 0 Å². The fraction of sp³-hybridized carbons (Fsp3) is 1.00. The van der Waals surface area contributed by atoms with Gasteiger partial charge in [-0.2, -0.15) is 0 Å². The van der Waals surface area contributed by atoms with E-state index in [4.69, 9.17) is 0 Å². The monoisotopic (exact) mass is 210 g/mol. The molecule has 0 spiro atoms. The van der Waals surface area contributed by atoms with Crippen molar-refractivity contribution < 1.29 is 0 Å². The van der Waals surface area contributed by atoms with Crippen LogP contribution in [0, 0.1) is 11.8 Å². The Morgan fingerprint density at radius 2 is 1.13 bits per heavy atom. The molecule has 1 aliphatic rings. The van der Waals surface area contributed by atoms with Crippen LogP contribution in [0.25, 0.3) is 0 Å². The minimum Gasteiger partial charge on any atom is -0.0654 e. The molecule has 0 aromatic rings. The molecular weight excluding hydrogens is 180 g/mol. The van der Waals surface area contributed by atoms with Crippen molar-refractivity contribution in [3.63, 3.8) is 0 Å². The summed E-state index contributed by atoms with van der Waals surface area (Å²) in [5, 5.41) is 0. The molecule has 0 radical (unpaired) electrons. The van der Waals surface area contributed by atoms with Crippen LogP contribution in [0.2, 0.25) is 0 Å². The van der Waals surface area contributed by atoms with Gasteiger partial charge in [0.2, 0.25) is 0 Å². The number of unbranched alkanes of at least 4 members (excludes halogenated alkanes) is 6. The zero-order valence-electron chi connectivity index (χ0n) is 10.9. The summed E-state index contributed by atoms with van der Waals surface area (Å²) in [5.74, 6) is 2.28. The molecule has 1 saturated carbocycles. The normalized spacial score (nSPS) is 24.4. The van der Waals surface area contributed by atoms with Crippen molar-refractivity contribution in [1.29, 1.82) is 0 Å². The second kappa shape index (κ2) is 8.19. The maximum atomic E-state index is 2.30. The van der Waals surface area contributed by atoms with Crippen molar-refractivity contribution in [2.75, 3.05) is 0 Å². The van der Waals surface area contributed by atoms with Gasteiger partial charge in [0.25, 0.3) is 0 Å². The van der Waals surface area contributed by atoms with Gasteiger partial charge in [-0.15, -0.1) is 0 Å². The summed E-state index contributed by atoms with van der Waals surface area (Å²) in [4.78, 5) is 0. The lowest BCUT2D eigenvalue weighted by molar-refractivity contribution is 0.528. The lowest BCUT2D eigenvalue weighted by Gasteiger charge is -2.00. The van der Waals surface area contributed by atoms with Gasteiger partial charge in [-0.05, 0) is 18.3 Å². The summed E-state index contributed by atoms with van der Waals surface area (Å²) in [6.45, 7) is 4.60. The van der Waals surface area contributed by atoms with Gasteiger partial charge in [-0.3, -0.25) is 0 Å². The molecule has 0 saturated heterocycles. The van der Waals surface area contributed by atoms with Crippen molar-refractivity contribution in [3.05, 3.63) is 0 Å². The first-order chi connectivity index (χ1) is 7.38. The molecule has 1 rings (SSSR count). The number of rotatable bonds is 10. The Kier molecular flexibility index (Phi) is 7.13. The molecular formula is C15H30. The fourth-order valence-electron chi connectivity index (χ4n) is 2.68. The third-order valence-electron chi connectivity index (χ3n) is 3.93. The van der Waals surface area contributed by atoms with Crippen molar-refractivity contribution >= 4 is 0 Å². The van der Waals surface area contributed by atoms with Gasteiger partial charge >= 0.3 is 0 Å². The fourth-order valence-corrected chi connectivity index (χ4v) is 2.68. The van der Waals surface area contributed by atoms with Gasteiger partial charge in [0.05, 0.1) is 0 Å². The third-order valence-corrected chi connectivity index (χ3v) is 3.93. The summed E-state index contributed by atoms with van der Waals surface area (Å²) in [6, 6.07) is 0. The van der Waals surface area contributed by atoms with Gasteiger partial charge in [0, 0.05) is 0 Å². The lowest BCUT2D eigenvalue weighted by Crippen LogP contribution is -1.86. The molecule has 0 aliphatic heterocycles. The maximum absolute atomic E-state index is 2.30. The largest absolute Gasteiger partial charge is 0.0654 e. The molecule has 0 aromatic heterocycles. The smallest absolute Gasteiger partial charge is 0.0383 e. The first-order valence-electron chi connectivity index (χ1n) is 7.38. The van der Waals surface area contributed by atoms with E-state index >= 15 is 0 Å². The average Bonchev–Trinajstić information content (AvgIpc) is 2.99. The molecule has 0 N–H and O–H groups in total. The molecule has 15 heavy (non-hydrogen) atoms. The summed E-state index contributed by atoms with van der Waals surface area (Å²) in [5.41, 5.74) is 0. The first kappa shape index (κ1) is 13.1. The van der Waals surface area contributed by atoms with E-state index in [0.29, 0.717) is 0 Å². The molecule has 0 heterocycles. The molecule has 0 bridgehead atoms. The van der Waals surface area contributed by atoms with E-state index in [9.17, 15) is 0 Å². The second-order valence-electron chi connectivity index (χ2n) is 5.45. The Morgan fingerprint density at radius 3 is 1.53 bits per heavy atom. The molecule has 2 atom stereocenters. The molecule has 2 unspecified atom stereocenters. The van der Waals surface area contributed by atoms with Crippen LogP contribution < -0.4 is 0 Å². The Hall–Kier alpha value is 0. The van der Waals surface area contributed by atoms with E-state index in [1.807, 2.05) is 0 Å². The molecule has 0 heteroatoms. The lowest BCUT2D eigenvalue weighted by atomic mass is 10.1. The highest BCUT2D eigenvalue weighted by Crippen LogP contribution is 2.45. The second-order valence-corrected chi connectivity index (χ2v) is 5.45. The number of hydrogen-bond donors (Lipinski definition) is 0.